The van der Waals surface area contributed by atoms with Crippen molar-refractivity contribution < 1.29 is 24.2 Å². The number of phenolic OH excluding ortho intramolecular Hbond substituents is 1. The largest absolute Gasteiger partial charge is 0.504 e. The molecule has 1 atom stereocenters. The number of rotatable bonds is 9. The van der Waals surface area contributed by atoms with Crippen LogP contribution >= 0.6 is 15.9 Å². The van der Waals surface area contributed by atoms with Gasteiger partial charge in [-0.1, -0.05) is 35.8 Å². The number of nitrogens with zero attached hydrogens (tertiary/aromatic N) is 2. The summed E-state index contributed by atoms with van der Waals surface area (Å²) in [6.07, 6.45) is 1.91. The van der Waals surface area contributed by atoms with Crippen LogP contribution in [0.4, 0.5) is 11.5 Å². The lowest BCUT2D eigenvalue weighted by molar-refractivity contribution is -0.145. The zero-order chi connectivity index (χ0) is 24.8. The normalized spacial score (nSPS) is 11.8. The molecule has 9 nitrogen and oxygen atoms in total. The zero-order valence-electron chi connectivity index (χ0n) is 19.4. The Labute approximate surface area is 206 Å². The van der Waals surface area contributed by atoms with E-state index in [9.17, 15) is 14.7 Å². The predicted octanol–water partition coefficient (Wildman–Crippen LogP) is 4.10. The molecule has 0 radical (unpaired) electrons. The maximum Gasteiger partial charge on any atom is 0.328 e. The first kappa shape index (κ1) is 25.2. The van der Waals surface area contributed by atoms with E-state index in [4.69, 9.17) is 9.47 Å². The fourth-order valence-corrected chi connectivity index (χ4v) is 3.89. The Kier molecular flexibility index (Phi) is 8.27. The Morgan fingerprint density at radius 2 is 1.91 bits per heavy atom. The molecule has 3 rings (SSSR count). The number of carbonyl (C=O) groups is 2. The Hall–Kier alpha value is -3.40. The van der Waals surface area contributed by atoms with Crippen molar-refractivity contribution in [2.45, 2.75) is 32.7 Å². The number of fused-ring (bicyclic) bond motifs is 1. The predicted molar refractivity (Wildman–Crippen MR) is 132 cm³/mol. The summed E-state index contributed by atoms with van der Waals surface area (Å²) in [5, 5.41) is 16.8. The molecule has 10 heteroatoms. The van der Waals surface area contributed by atoms with Gasteiger partial charge in [0, 0.05) is 21.6 Å². The van der Waals surface area contributed by atoms with E-state index in [0.29, 0.717) is 40.1 Å². The Balaban J connectivity index is 1.88. The third-order valence-corrected chi connectivity index (χ3v) is 5.63. The van der Waals surface area contributed by atoms with Crippen LogP contribution in [-0.4, -0.2) is 47.2 Å². The van der Waals surface area contributed by atoms with Gasteiger partial charge in [0.2, 0.25) is 5.91 Å². The molecule has 34 heavy (non-hydrogen) atoms. The van der Waals surface area contributed by atoms with Crippen molar-refractivity contribution in [3.8, 4) is 11.5 Å². The molecular formula is C24H27BrN4O5. The highest BCUT2D eigenvalue weighted by molar-refractivity contribution is 9.10. The Morgan fingerprint density at radius 1 is 1.15 bits per heavy atom. The zero-order valence-corrected chi connectivity index (χ0v) is 21.0. The minimum atomic E-state index is -0.715. The van der Waals surface area contributed by atoms with Crippen LogP contribution < -0.4 is 15.4 Å². The Morgan fingerprint density at radius 3 is 2.59 bits per heavy atom. The van der Waals surface area contributed by atoms with Gasteiger partial charge in [0.15, 0.2) is 11.5 Å². The maximum absolute atomic E-state index is 12.8. The number of benzene rings is 2. The van der Waals surface area contributed by atoms with Gasteiger partial charge >= 0.3 is 5.97 Å². The number of ether oxygens (including phenoxy) is 2. The first-order chi connectivity index (χ1) is 16.2. The third-order valence-electron chi connectivity index (χ3n) is 5.14. The number of halogens is 1. The number of amides is 1. The molecule has 3 N–H and O–H groups in total. The summed E-state index contributed by atoms with van der Waals surface area (Å²) in [6, 6.07) is 7.89. The van der Waals surface area contributed by atoms with Gasteiger partial charge in [-0.2, -0.15) is 0 Å². The molecule has 0 aliphatic carbocycles. The summed E-state index contributed by atoms with van der Waals surface area (Å²) in [5.41, 5.74) is 1.91. The van der Waals surface area contributed by atoms with Gasteiger partial charge in [-0.25, -0.2) is 14.8 Å². The van der Waals surface area contributed by atoms with E-state index in [1.54, 1.807) is 6.07 Å². The summed E-state index contributed by atoms with van der Waals surface area (Å²) >= 11 is 3.46. The van der Waals surface area contributed by atoms with Gasteiger partial charge in [0.05, 0.1) is 26.2 Å². The fourth-order valence-electron chi connectivity index (χ4n) is 3.53. The second-order valence-electron chi connectivity index (χ2n) is 8.14. The summed E-state index contributed by atoms with van der Waals surface area (Å²) in [5.74, 6) is 0.139. The van der Waals surface area contributed by atoms with Gasteiger partial charge in [-0.3, -0.25) is 4.79 Å². The molecule has 0 unspecified atom stereocenters. The van der Waals surface area contributed by atoms with Crippen molar-refractivity contribution >= 4 is 50.2 Å². The van der Waals surface area contributed by atoms with Gasteiger partial charge < -0.3 is 25.2 Å². The molecule has 2 aromatic carbocycles. The summed E-state index contributed by atoms with van der Waals surface area (Å²) in [6.45, 7) is 3.94. The van der Waals surface area contributed by atoms with Crippen molar-refractivity contribution in [3.63, 3.8) is 0 Å². The van der Waals surface area contributed by atoms with Crippen LogP contribution in [0.25, 0.3) is 10.9 Å². The summed E-state index contributed by atoms with van der Waals surface area (Å²) < 4.78 is 10.8. The Bertz CT molecular complexity index is 1200. The fraction of sp³-hybridized carbons (Fsp3) is 0.333. The van der Waals surface area contributed by atoms with E-state index in [-0.39, 0.29) is 24.0 Å². The highest BCUT2D eigenvalue weighted by atomic mass is 79.9. The van der Waals surface area contributed by atoms with Crippen LogP contribution in [0.2, 0.25) is 0 Å². The number of hydrogen-bond donors (Lipinski definition) is 3. The van der Waals surface area contributed by atoms with Crippen LogP contribution in [0, 0.1) is 5.92 Å². The minimum absolute atomic E-state index is 0.0310. The molecule has 0 aliphatic heterocycles. The van der Waals surface area contributed by atoms with E-state index in [1.807, 2.05) is 32.0 Å². The van der Waals surface area contributed by atoms with Gasteiger partial charge in [0.25, 0.3) is 0 Å². The lowest BCUT2D eigenvalue weighted by Crippen LogP contribution is -2.43. The second-order valence-corrected chi connectivity index (χ2v) is 9.06. The quantitative estimate of drug-likeness (QED) is 0.353. The molecule has 0 bridgehead atoms. The highest BCUT2D eigenvalue weighted by Crippen LogP contribution is 2.34. The first-order valence-corrected chi connectivity index (χ1v) is 11.5. The third kappa shape index (κ3) is 6.13. The van der Waals surface area contributed by atoms with E-state index in [0.717, 1.165) is 4.47 Å². The first-order valence-electron chi connectivity index (χ1n) is 10.7. The van der Waals surface area contributed by atoms with Gasteiger partial charge in [0.1, 0.15) is 18.2 Å². The number of nitrogens with one attached hydrogen (secondary N) is 2. The molecule has 3 aromatic rings. The number of carbonyl (C=O) groups excluding carboxylic acids is 2. The van der Waals surface area contributed by atoms with E-state index >= 15 is 0 Å². The van der Waals surface area contributed by atoms with Gasteiger partial charge in [-0.15, -0.1) is 0 Å². The average Bonchev–Trinajstić information content (AvgIpc) is 2.79. The van der Waals surface area contributed by atoms with Crippen LogP contribution in [0.1, 0.15) is 25.8 Å². The summed E-state index contributed by atoms with van der Waals surface area (Å²) in [7, 11) is 2.77. The number of aromatic nitrogens is 2. The average molecular weight is 531 g/mol. The molecule has 1 amide bonds. The monoisotopic (exact) mass is 530 g/mol. The number of methoxy groups -OCH3 is 2. The van der Waals surface area contributed by atoms with Crippen molar-refractivity contribution in [2.75, 3.05) is 19.5 Å². The smallest absolute Gasteiger partial charge is 0.328 e. The van der Waals surface area contributed by atoms with E-state index in [2.05, 4.69) is 36.5 Å². The number of phenols is 1. The van der Waals surface area contributed by atoms with Crippen LogP contribution in [-0.2, 0) is 20.7 Å². The molecule has 0 saturated carbocycles. The topological polar surface area (TPSA) is 123 Å². The van der Waals surface area contributed by atoms with Crippen LogP contribution in [0.3, 0.4) is 0 Å². The van der Waals surface area contributed by atoms with Gasteiger partial charge in [-0.05, 0) is 36.1 Å². The van der Waals surface area contributed by atoms with E-state index < -0.39 is 12.0 Å². The minimum Gasteiger partial charge on any atom is -0.504 e. The van der Waals surface area contributed by atoms with E-state index in [1.165, 1.54) is 26.6 Å². The van der Waals surface area contributed by atoms with Crippen molar-refractivity contribution in [2.24, 2.45) is 5.92 Å². The van der Waals surface area contributed by atoms with Crippen molar-refractivity contribution in [1.82, 2.24) is 15.3 Å². The maximum atomic E-state index is 12.8. The second kappa shape index (κ2) is 11.1. The summed E-state index contributed by atoms with van der Waals surface area (Å²) in [4.78, 5) is 33.5. The molecule has 0 saturated heterocycles. The number of hydrogen-bond acceptors (Lipinski definition) is 8. The SMILES string of the molecule is COC(=O)[C@H](CC(C)C)NC(=O)Cc1ccc(Br)cc1Nc1ncnc2cc(OC)c(O)cc12. The lowest BCUT2D eigenvalue weighted by Gasteiger charge is -2.19. The molecular weight excluding hydrogens is 504 g/mol. The molecule has 180 valence electrons. The van der Waals surface area contributed by atoms with Crippen LogP contribution in [0.15, 0.2) is 41.1 Å². The number of anilines is 2. The number of aromatic hydroxyl groups is 1. The van der Waals surface area contributed by atoms with Crippen LogP contribution in [0.5, 0.6) is 11.5 Å². The molecule has 1 heterocycles. The molecule has 0 spiro atoms. The highest BCUT2D eigenvalue weighted by Gasteiger charge is 2.23. The standard InChI is InChI=1S/C24H27BrN4O5/c1-13(2)7-19(24(32)34-4)28-22(31)8-14-5-6-15(25)9-17(14)29-23-16-10-20(30)21(33-3)11-18(16)26-12-27-23/h5-6,9-13,19,30H,7-8H2,1-4H3,(H,28,31)(H,26,27,29)/t19-/m0/s1. The molecule has 0 aliphatic rings. The van der Waals surface area contributed by atoms with Crippen molar-refractivity contribution in [1.29, 1.82) is 0 Å². The number of esters is 1. The molecule has 1 aromatic heterocycles. The molecule has 0 fully saturated rings. The van der Waals surface area contributed by atoms with Crippen molar-refractivity contribution in [3.05, 3.63) is 46.7 Å². The lowest BCUT2D eigenvalue weighted by atomic mass is 10.0.